The molecule has 2 atom stereocenters. The van der Waals surface area contributed by atoms with Gasteiger partial charge in [0.2, 0.25) is 5.75 Å². The average molecular weight is 481 g/mol. The molecule has 1 aliphatic heterocycles. The number of halogens is 1. The number of benzene rings is 1. The molecule has 3 rings (SSSR count). The summed E-state index contributed by atoms with van der Waals surface area (Å²) in [6.45, 7) is 2.33. The number of allylic oxidation sites excluding steroid dienone is 1. The summed E-state index contributed by atoms with van der Waals surface area (Å²) in [5.74, 6) is 0.521. The standard InChI is InChI=1S/C22H25BrO7/c1-22(9-7-14-13(11-22)12-29-20(14)24)15-5-6-16(26-2)19(27-3)18(15)30-17(8-10-23)21(25)28-4/h5-7,9,17H,8,10-12H2,1-4H3. The van der Waals surface area contributed by atoms with Crippen molar-refractivity contribution in [2.75, 3.05) is 33.3 Å². The molecule has 0 fully saturated rings. The molecule has 0 amide bonds. The molecule has 162 valence electrons. The molecule has 2 aliphatic rings. The fraction of sp³-hybridized carbons (Fsp3) is 0.455. The van der Waals surface area contributed by atoms with E-state index < -0.39 is 17.5 Å². The third-order valence-electron chi connectivity index (χ3n) is 5.39. The molecule has 0 radical (unpaired) electrons. The molecule has 0 N–H and O–H groups in total. The van der Waals surface area contributed by atoms with E-state index >= 15 is 0 Å². The Balaban J connectivity index is 2.09. The normalized spacial score (nSPS) is 21.0. The first-order chi connectivity index (χ1) is 14.4. The van der Waals surface area contributed by atoms with Crippen LogP contribution in [0.3, 0.4) is 0 Å². The second-order valence-corrected chi connectivity index (χ2v) is 8.10. The number of hydrogen-bond donors (Lipinski definition) is 0. The predicted molar refractivity (Wildman–Crippen MR) is 113 cm³/mol. The number of carbonyl (C=O) groups excluding carboxylic acids is 2. The lowest BCUT2D eigenvalue weighted by Gasteiger charge is -2.33. The highest BCUT2D eigenvalue weighted by Crippen LogP contribution is 2.49. The number of rotatable bonds is 8. The quantitative estimate of drug-likeness (QED) is 0.416. The van der Waals surface area contributed by atoms with Crippen molar-refractivity contribution in [2.45, 2.75) is 31.3 Å². The maximum Gasteiger partial charge on any atom is 0.347 e. The monoisotopic (exact) mass is 480 g/mol. The average Bonchev–Trinajstić information content (AvgIpc) is 3.11. The highest BCUT2D eigenvalue weighted by atomic mass is 79.9. The van der Waals surface area contributed by atoms with Crippen LogP contribution in [0.5, 0.6) is 17.2 Å². The van der Waals surface area contributed by atoms with E-state index in [0.29, 0.717) is 41.0 Å². The Morgan fingerprint density at radius 2 is 2.00 bits per heavy atom. The van der Waals surface area contributed by atoms with E-state index in [1.807, 2.05) is 19.1 Å². The molecule has 1 aliphatic carbocycles. The second-order valence-electron chi connectivity index (χ2n) is 7.31. The third-order valence-corrected chi connectivity index (χ3v) is 5.85. The van der Waals surface area contributed by atoms with Gasteiger partial charge in [-0.2, -0.15) is 0 Å². The topological polar surface area (TPSA) is 80.3 Å². The van der Waals surface area contributed by atoms with Gasteiger partial charge in [-0.15, -0.1) is 0 Å². The van der Waals surface area contributed by atoms with Gasteiger partial charge in [-0.3, -0.25) is 0 Å². The summed E-state index contributed by atoms with van der Waals surface area (Å²) in [5, 5.41) is 0.557. The molecule has 0 aromatic heterocycles. The number of ether oxygens (including phenoxy) is 5. The number of carbonyl (C=O) groups is 2. The van der Waals surface area contributed by atoms with Crippen LogP contribution in [0.4, 0.5) is 0 Å². The van der Waals surface area contributed by atoms with Gasteiger partial charge in [0.15, 0.2) is 17.6 Å². The summed E-state index contributed by atoms with van der Waals surface area (Å²) in [6, 6.07) is 3.70. The summed E-state index contributed by atoms with van der Waals surface area (Å²) in [7, 11) is 4.39. The van der Waals surface area contributed by atoms with Crippen LogP contribution in [0.15, 0.2) is 35.4 Å². The summed E-state index contributed by atoms with van der Waals surface area (Å²) in [4.78, 5) is 24.2. The highest BCUT2D eigenvalue weighted by molar-refractivity contribution is 9.09. The molecule has 1 heterocycles. The Hall–Kier alpha value is -2.48. The van der Waals surface area contributed by atoms with Crippen LogP contribution in [-0.4, -0.2) is 51.3 Å². The minimum atomic E-state index is -0.823. The van der Waals surface area contributed by atoms with Crippen LogP contribution in [0.25, 0.3) is 0 Å². The summed E-state index contributed by atoms with van der Waals surface area (Å²) >= 11 is 3.36. The van der Waals surface area contributed by atoms with Crippen LogP contribution in [0.1, 0.15) is 25.3 Å². The van der Waals surface area contributed by atoms with E-state index in [2.05, 4.69) is 15.9 Å². The van der Waals surface area contributed by atoms with E-state index in [1.165, 1.54) is 14.2 Å². The Kier molecular flexibility index (Phi) is 6.75. The zero-order chi connectivity index (χ0) is 21.9. The van der Waals surface area contributed by atoms with E-state index in [1.54, 1.807) is 19.3 Å². The van der Waals surface area contributed by atoms with Crippen LogP contribution in [0.2, 0.25) is 0 Å². The van der Waals surface area contributed by atoms with Crippen molar-refractivity contribution in [1.82, 2.24) is 0 Å². The van der Waals surface area contributed by atoms with E-state index in [9.17, 15) is 9.59 Å². The first kappa shape index (κ1) is 22.2. The molecule has 30 heavy (non-hydrogen) atoms. The zero-order valence-electron chi connectivity index (χ0n) is 17.5. The lowest BCUT2D eigenvalue weighted by atomic mass is 9.73. The van der Waals surface area contributed by atoms with Crippen molar-refractivity contribution >= 4 is 27.9 Å². The van der Waals surface area contributed by atoms with Gasteiger partial charge in [0.1, 0.15) is 6.61 Å². The van der Waals surface area contributed by atoms with Gasteiger partial charge < -0.3 is 23.7 Å². The van der Waals surface area contributed by atoms with Gasteiger partial charge in [0.05, 0.1) is 26.9 Å². The molecule has 7 nitrogen and oxygen atoms in total. The first-order valence-electron chi connectivity index (χ1n) is 9.52. The van der Waals surface area contributed by atoms with Crippen molar-refractivity contribution in [3.8, 4) is 17.2 Å². The van der Waals surface area contributed by atoms with Crippen molar-refractivity contribution < 1.29 is 33.3 Å². The van der Waals surface area contributed by atoms with Crippen molar-refractivity contribution in [1.29, 1.82) is 0 Å². The zero-order valence-corrected chi connectivity index (χ0v) is 19.0. The third kappa shape index (κ3) is 4.05. The molecule has 1 aromatic carbocycles. The van der Waals surface area contributed by atoms with Gasteiger partial charge in [0.25, 0.3) is 0 Å². The summed E-state index contributed by atoms with van der Waals surface area (Å²) < 4.78 is 27.3. The number of alkyl halides is 1. The molecular weight excluding hydrogens is 456 g/mol. The Morgan fingerprint density at radius 3 is 2.63 bits per heavy atom. The number of esters is 2. The van der Waals surface area contributed by atoms with Crippen LogP contribution >= 0.6 is 15.9 Å². The lowest BCUT2D eigenvalue weighted by molar-refractivity contribution is -0.149. The maximum atomic E-state index is 12.3. The molecule has 1 aromatic rings. The van der Waals surface area contributed by atoms with Gasteiger partial charge >= 0.3 is 11.9 Å². The lowest BCUT2D eigenvalue weighted by Crippen LogP contribution is -2.31. The molecule has 8 heteroatoms. The highest BCUT2D eigenvalue weighted by Gasteiger charge is 2.38. The smallest absolute Gasteiger partial charge is 0.347 e. The molecule has 2 unspecified atom stereocenters. The van der Waals surface area contributed by atoms with Crippen molar-refractivity contribution in [3.63, 3.8) is 0 Å². The summed E-state index contributed by atoms with van der Waals surface area (Å²) in [6.07, 6.45) is 3.93. The first-order valence-corrected chi connectivity index (χ1v) is 10.6. The molecular formula is C22H25BrO7. The molecule has 0 spiro atoms. The largest absolute Gasteiger partial charge is 0.493 e. The minimum absolute atomic E-state index is 0.284. The fourth-order valence-corrected chi connectivity index (χ4v) is 4.22. The summed E-state index contributed by atoms with van der Waals surface area (Å²) in [5.41, 5.74) is 1.86. The molecule has 0 saturated carbocycles. The Labute approximate surface area is 184 Å². The molecule has 0 bridgehead atoms. The van der Waals surface area contributed by atoms with Gasteiger partial charge in [-0.05, 0) is 18.1 Å². The van der Waals surface area contributed by atoms with Gasteiger partial charge in [-0.1, -0.05) is 41.1 Å². The van der Waals surface area contributed by atoms with Crippen LogP contribution in [0, 0.1) is 0 Å². The maximum absolute atomic E-state index is 12.3. The SMILES string of the molecule is COC(=O)C(CCBr)Oc1c(C2(C)C=CC3=C(COC3=O)C2)ccc(OC)c1OC. The number of cyclic esters (lactones) is 1. The fourth-order valence-electron chi connectivity index (χ4n) is 3.80. The van der Waals surface area contributed by atoms with E-state index in [4.69, 9.17) is 23.7 Å². The number of hydrogen-bond acceptors (Lipinski definition) is 7. The van der Waals surface area contributed by atoms with Crippen molar-refractivity contribution in [3.05, 3.63) is 41.0 Å². The van der Waals surface area contributed by atoms with E-state index in [0.717, 1.165) is 11.1 Å². The number of methoxy groups -OCH3 is 3. The minimum Gasteiger partial charge on any atom is -0.493 e. The van der Waals surface area contributed by atoms with Crippen molar-refractivity contribution in [2.24, 2.45) is 0 Å². The molecule has 0 saturated heterocycles. The Bertz CT molecular complexity index is 905. The van der Waals surface area contributed by atoms with E-state index in [-0.39, 0.29) is 12.6 Å². The van der Waals surface area contributed by atoms with Crippen LogP contribution in [-0.2, 0) is 24.5 Å². The Morgan fingerprint density at radius 1 is 1.23 bits per heavy atom. The predicted octanol–water partition coefficient (Wildman–Crippen LogP) is 3.48. The second kappa shape index (κ2) is 9.12. The van der Waals surface area contributed by atoms with Gasteiger partial charge in [-0.25, -0.2) is 9.59 Å². The van der Waals surface area contributed by atoms with Gasteiger partial charge in [0, 0.05) is 22.7 Å². The van der Waals surface area contributed by atoms with Crippen LogP contribution < -0.4 is 14.2 Å².